The van der Waals surface area contributed by atoms with E-state index in [4.69, 9.17) is 23.2 Å². The fraction of sp³-hybridized carbons (Fsp3) is 0.154. The SMILES string of the molecule is O=C(Cn1c2c(sc1=O)C(c1cccs1)C1C(=O)N(c3ccc(F)cc3)C(=O)C1S2)Nc1ccc(Cl)c(Cl)c1. The Morgan fingerprint density at radius 3 is 2.46 bits per heavy atom. The van der Waals surface area contributed by atoms with Gasteiger partial charge in [-0.3, -0.25) is 23.7 Å². The predicted molar refractivity (Wildman–Crippen MR) is 152 cm³/mol. The smallest absolute Gasteiger partial charge is 0.308 e. The number of carbonyl (C=O) groups is 3. The van der Waals surface area contributed by atoms with Crippen molar-refractivity contribution in [2.75, 3.05) is 10.2 Å². The highest BCUT2D eigenvalue weighted by Gasteiger charge is 2.57. The van der Waals surface area contributed by atoms with Gasteiger partial charge in [-0.15, -0.1) is 11.3 Å². The number of halogens is 3. The molecule has 1 N–H and O–H groups in total. The number of hydrogen-bond donors (Lipinski definition) is 1. The Bertz CT molecular complexity index is 1690. The topological polar surface area (TPSA) is 88.5 Å². The number of nitrogens with zero attached hydrogens (tertiary/aromatic N) is 2. The van der Waals surface area contributed by atoms with Crippen LogP contribution in [0, 0.1) is 11.7 Å². The molecular weight excluding hydrogens is 604 g/mol. The summed E-state index contributed by atoms with van der Waals surface area (Å²) in [5.41, 5.74) is 0.704. The van der Waals surface area contributed by atoms with E-state index in [0.717, 1.165) is 32.9 Å². The van der Waals surface area contributed by atoms with E-state index in [-0.39, 0.29) is 22.1 Å². The maximum Gasteiger partial charge on any atom is 0.308 e. The summed E-state index contributed by atoms with van der Waals surface area (Å²) < 4.78 is 14.9. The molecule has 198 valence electrons. The molecule has 0 spiro atoms. The molecule has 1 fully saturated rings. The van der Waals surface area contributed by atoms with Gasteiger partial charge in [-0.25, -0.2) is 9.29 Å². The van der Waals surface area contributed by atoms with Gasteiger partial charge < -0.3 is 5.32 Å². The summed E-state index contributed by atoms with van der Waals surface area (Å²) in [5.74, 6) is -3.09. The van der Waals surface area contributed by atoms with Crippen molar-refractivity contribution in [3.05, 3.63) is 95.3 Å². The van der Waals surface area contributed by atoms with Gasteiger partial charge in [0.15, 0.2) is 0 Å². The molecule has 4 aromatic rings. The monoisotopic (exact) mass is 619 g/mol. The van der Waals surface area contributed by atoms with Crippen LogP contribution >= 0.6 is 57.6 Å². The third kappa shape index (κ3) is 4.62. The molecule has 0 aliphatic carbocycles. The number of rotatable bonds is 5. The van der Waals surface area contributed by atoms with Crippen LogP contribution in [0.15, 0.2) is 69.8 Å². The zero-order valence-electron chi connectivity index (χ0n) is 19.6. The first-order valence-corrected chi connectivity index (χ1v) is 14.9. The molecule has 0 saturated carbocycles. The number of thiazole rings is 1. The summed E-state index contributed by atoms with van der Waals surface area (Å²) >= 11 is 15.5. The van der Waals surface area contributed by atoms with Crippen LogP contribution < -0.4 is 15.1 Å². The first kappa shape index (κ1) is 26.3. The highest BCUT2D eigenvalue weighted by atomic mass is 35.5. The number of nitrogens with one attached hydrogen (secondary N) is 1. The number of fused-ring (bicyclic) bond motifs is 2. The molecule has 0 bridgehead atoms. The lowest BCUT2D eigenvalue weighted by molar-refractivity contribution is -0.122. The third-order valence-electron chi connectivity index (χ3n) is 6.49. The van der Waals surface area contributed by atoms with Crippen molar-refractivity contribution in [1.29, 1.82) is 0 Å². The highest BCUT2D eigenvalue weighted by molar-refractivity contribution is 8.00. The molecule has 4 heterocycles. The summed E-state index contributed by atoms with van der Waals surface area (Å²) in [5, 5.41) is 4.86. The minimum Gasteiger partial charge on any atom is -0.324 e. The van der Waals surface area contributed by atoms with Crippen LogP contribution in [0.2, 0.25) is 10.0 Å². The zero-order chi connectivity index (χ0) is 27.4. The summed E-state index contributed by atoms with van der Waals surface area (Å²) in [4.78, 5) is 55.6. The normalized spacial score (nSPS) is 20.2. The molecule has 3 amide bonds. The standard InChI is InChI=1S/C26H16Cl2FN3O4S3/c27-15-8-5-13(10-16(15)28)30-18(33)11-31-25-22(39-26(31)36)19(17-2-1-9-37-17)20-21(38-25)24(35)32(23(20)34)14-6-3-12(29)4-7-14/h1-10,19-21H,11H2,(H,30,33). The first-order chi connectivity index (χ1) is 18.7. The van der Waals surface area contributed by atoms with E-state index >= 15 is 0 Å². The molecule has 3 atom stereocenters. The van der Waals surface area contributed by atoms with E-state index in [2.05, 4.69) is 5.32 Å². The van der Waals surface area contributed by atoms with Crippen LogP contribution in [-0.2, 0) is 20.9 Å². The number of imide groups is 1. The second-order valence-corrected chi connectivity index (χ2v) is 12.8. The Morgan fingerprint density at radius 2 is 1.77 bits per heavy atom. The number of benzene rings is 2. The lowest BCUT2D eigenvalue weighted by Gasteiger charge is -2.29. The van der Waals surface area contributed by atoms with Gasteiger partial charge in [-0.05, 0) is 53.9 Å². The van der Waals surface area contributed by atoms with Gasteiger partial charge in [0.1, 0.15) is 17.6 Å². The van der Waals surface area contributed by atoms with Gasteiger partial charge in [0.2, 0.25) is 17.7 Å². The van der Waals surface area contributed by atoms with Gasteiger partial charge in [0, 0.05) is 21.4 Å². The number of thiophene rings is 1. The van der Waals surface area contributed by atoms with Crippen molar-refractivity contribution >= 4 is 86.7 Å². The van der Waals surface area contributed by atoms with Gasteiger partial charge in [0.25, 0.3) is 0 Å². The number of thioether (sulfide) groups is 1. The Balaban J connectivity index is 1.37. The van der Waals surface area contributed by atoms with E-state index in [1.54, 1.807) is 12.1 Å². The Kier molecular flexibility index (Phi) is 6.88. The average molecular weight is 621 g/mol. The number of amides is 3. The predicted octanol–water partition coefficient (Wildman–Crippen LogP) is 5.85. The molecule has 1 saturated heterocycles. The molecule has 0 radical (unpaired) electrons. The van der Waals surface area contributed by atoms with Crippen molar-refractivity contribution in [2.24, 2.45) is 5.92 Å². The van der Waals surface area contributed by atoms with Crippen molar-refractivity contribution in [2.45, 2.75) is 22.7 Å². The molecule has 39 heavy (non-hydrogen) atoms. The molecule has 3 unspecified atom stereocenters. The van der Waals surface area contributed by atoms with Crippen LogP contribution in [0.1, 0.15) is 15.7 Å². The molecule has 2 aromatic carbocycles. The largest absolute Gasteiger partial charge is 0.324 e. The van der Waals surface area contributed by atoms with Crippen LogP contribution in [0.25, 0.3) is 0 Å². The fourth-order valence-corrected chi connectivity index (χ4v) is 8.81. The quantitative estimate of drug-likeness (QED) is 0.283. The van der Waals surface area contributed by atoms with Crippen molar-refractivity contribution in [1.82, 2.24) is 4.57 Å². The molecule has 13 heteroatoms. The van der Waals surface area contributed by atoms with Crippen molar-refractivity contribution in [3.8, 4) is 0 Å². The van der Waals surface area contributed by atoms with Crippen LogP contribution in [0.4, 0.5) is 15.8 Å². The summed E-state index contributed by atoms with van der Waals surface area (Å²) in [6.07, 6.45) is 0. The molecule has 2 aliphatic heterocycles. The number of hydrogen-bond acceptors (Lipinski definition) is 7. The lowest BCUT2D eigenvalue weighted by atomic mass is 9.87. The molecule has 7 nitrogen and oxygen atoms in total. The Morgan fingerprint density at radius 1 is 1.00 bits per heavy atom. The van der Waals surface area contributed by atoms with Gasteiger partial charge >= 0.3 is 4.87 Å². The average Bonchev–Trinajstić information content (AvgIpc) is 3.60. The Labute approximate surface area is 243 Å². The lowest BCUT2D eigenvalue weighted by Crippen LogP contribution is -2.32. The van der Waals surface area contributed by atoms with Crippen molar-refractivity contribution in [3.63, 3.8) is 0 Å². The minimum atomic E-state index is -0.819. The van der Waals surface area contributed by atoms with E-state index in [1.807, 2.05) is 17.5 Å². The number of anilines is 2. The van der Waals surface area contributed by atoms with Crippen LogP contribution in [-0.4, -0.2) is 27.5 Å². The summed E-state index contributed by atoms with van der Waals surface area (Å²) in [7, 11) is 0. The second-order valence-electron chi connectivity index (χ2n) is 8.85. The zero-order valence-corrected chi connectivity index (χ0v) is 23.6. The molecular formula is C26H16Cl2FN3O4S3. The van der Waals surface area contributed by atoms with Gasteiger partial charge in [-0.2, -0.15) is 0 Å². The van der Waals surface area contributed by atoms with E-state index in [9.17, 15) is 23.6 Å². The summed E-state index contributed by atoms with van der Waals surface area (Å²) in [6, 6.07) is 13.6. The maximum absolute atomic E-state index is 13.7. The number of carbonyl (C=O) groups excluding carboxylic acids is 3. The second kappa shape index (κ2) is 10.2. The minimum absolute atomic E-state index is 0.273. The Hall–Kier alpha value is -2.96. The third-order valence-corrected chi connectivity index (χ3v) is 10.8. The van der Waals surface area contributed by atoms with Gasteiger partial charge in [-0.1, -0.05) is 52.4 Å². The van der Waals surface area contributed by atoms with Crippen LogP contribution in [0.5, 0.6) is 0 Å². The van der Waals surface area contributed by atoms with Gasteiger partial charge in [0.05, 0.1) is 26.7 Å². The number of aromatic nitrogens is 1. The molecule has 2 aromatic heterocycles. The van der Waals surface area contributed by atoms with Crippen molar-refractivity contribution < 1.29 is 18.8 Å². The summed E-state index contributed by atoms with van der Waals surface area (Å²) in [6.45, 7) is -0.295. The molecule has 6 rings (SSSR count). The van der Waals surface area contributed by atoms with Crippen LogP contribution in [0.3, 0.4) is 0 Å². The molecule has 2 aliphatic rings. The van der Waals surface area contributed by atoms with E-state index in [1.165, 1.54) is 46.2 Å². The highest BCUT2D eigenvalue weighted by Crippen LogP contribution is 2.54. The first-order valence-electron chi connectivity index (χ1n) is 11.5. The maximum atomic E-state index is 13.7. The van der Waals surface area contributed by atoms with E-state index < -0.39 is 40.6 Å². The van der Waals surface area contributed by atoms with E-state index in [0.29, 0.717) is 20.6 Å². The fourth-order valence-electron chi connectivity index (χ4n) is 4.79.